The maximum absolute atomic E-state index is 13.0. The molecule has 3 aromatic carbocycles. The van der Waals surface area contributed by atoms with Gasteiger partial charge in [-0.25, -0.2) is 0 Å². The fourth-order valence-electron chi connectivity index (χ4n) is 4.29. The maximum atomic E-state index is 13.0. The number of piperidine rings is 1. The third kappa shape index (κ3) is 6.38. The zero-order valence-corrected chi connectivity index (χ0v) is 21.4. The number of hydrogen-bond donors (Lipinski definition) is 1. The molecule has 0 saturated carbocycles. The molecule has 1 atom stereocenters. The largest absolute Gasteiger partial charge is 0.489 e. The lowest BCUT2D eigenvalue weighted by molar-refractivity contribution is -0.121. The molecule has 36 heavy (non-hydrogen) atoms. The number of halogens is 1. The van der Waals surface area contributed by atoms with Crippen molar-refractivity contribution in [3.8, 4) is 17.1 Å². The molecule has 1 unspecified atom stereocenters. The summed E-state index contributed by atoms with van der Waals surface area (Å²) in [6, 6.07) is 25.3. The number of benzene rings is 3. The zero-order valence-electron chi connectivity index (χ0n) is 19.8. The number of nitrogens with one attached hydrogen (secondary N) is 1. The van der Waals surface area contributed by atoms with Crippen LogP contribution < -0.4 is 10.1 Å². The minimum absolute atomic E-state index is 0.0259. The van der Waals surface area contributed by atoms with Crippen LogP contribution in [-0.4, -0.2) is 34.0 Å². The standard InChI is InChI=1S/C28H27BrN4O3/c29-23-10-4-8-21(16-23)27-31-26(36-32-27)18-33-15-5-9-22(17-33)28(34)30-24-11-13-25(14-12-24)35-19-20-6-2-1-3-7-20/h1-4,6-8,10-14,16,22H,5,9,15,17-19H2,(H,30,34). The minimum Gasteiger partial charge on any atom is -0.489 e. The summed E-state index contributed by atoms with van der Waals surface area (Å²) in [7, 11) is 0. The van der Waals surface area contributed by atoms with Crippen LogP contribution >= 0.6 is 15.9 Å². The molecule has 1 N–H and O–H groups in total. The van der Waals surface area contributed by atoms with E-state index in [-0.39, 0.29) is 11.8 Å². The molecular weight excluding hydrogens is 520 g/mol. The summed E-state index contributed by atoms with van der Waals surface area (Å²) >= 11 is 3.47. The fourth-order valence-corrected chi connectivity index (χ4v) is 4.69. The van der Waals surface area contributed by atoms with E-state index in [0.717, 1.165) is 46.4 Å². The second kappa shape index (κ2) is 11.5. The van der Waals surface area contributed by atoms with Crippen LogP contribution in [0.2, 0.25) is 0 Å². The van der Waals surface area contributed by atoms with Gasteiger partial charge < -0.3 is 14.6 Å². The number of likely N-dealkylation sites (tertiary alicyclic amines) is 1. The molecule has 5 rings (SSSR count). The van der Waals surface area contributed by atoms with E-state index in [4.69, 9.17) is 9.26 Å². The lowest BCUT2D eigenvalue weighted by Gasteiger charge is -2.30. The number of carbonyl (C=O) groups is 1. The van der Waals surface area contributed by atoms with Crippen LogP contribution in [0.1, 0.15) is 24.3 Å². The predicted molar refractivity (Wildman–Crippen MR) is 141 cm³/mol. The minimum atomic E-state index is -0.0970. The van der Waals surface area contributed by atoms with E-state index >= 15 is 0 Å². The van der Waals surface area contributed by atoms with Crippen LogP contribution in [0.25, 0.3) is 11.4 Å². The summed E-state index contributed by atoms with van der Waals surface area (Å²) in [5.74, 6) is 1.81. The Bertz CT molecular complexity index is 1290. The van der Waals surface area contributed by atoms with Gasteiger partial charge >= 0.3 is 0 Å². The Hall–Kier alpha value is -3.49. The normalized spacial score (nSPS) is 16.0. The molecule has 1 saturated heterocycles. The number of amides is 1. The summed E-state index contributed by atoms with van der Waals surface area (Å²) in [6.45, 7) is 2.58. The first-order valence-electron chi connectivity index (χ1n) is 12.0. The van der Waals surface area contributed by atoms with Gasteiger partial charge in [0.05, 0.1) is 12.5 Å². The van der Waals surface area contributed by atoms with Gasteiger partial charge in [0.25, 0.3) is 0 Å². The number of rotatable bonds is 8. The average molecular weight is 547 g/mol. The highest BCUT2D eigenvalue weighted by atomic mass is 79.9. The summed E-state index contributed by atoms with van der Waals surface area (Å²) in [6.07, 6.45) is 1.80. The predicted octanol–water partition coefficient (Wildman–Crippen LogP) is 5.93. The van der Waals surface area contributed by atoms with E-state index in [1.807, 2.05) is 78.9 Å². The van der Waals surface area contributed by atoms with Crippen molar-refractivity contribution < 1.29 is 14.1 Å². The molecule has 2 heterocycles. The molecule has 8 heteroatoms. The van der Waals surface area contributed by atoms with E-state index in [0.29, 0.717) is 31.4 Å². The Kier molecular flexibility index (Phi) is 7.73. The maximum Gasteiger partial charge on any atom is 0.241 e. The number of hydrogen-bond acceptors (Lipinski definition) is 6. The molecule has 0 spiro atoms. The third-order valence-corrected chi connectivity index (χ3v) is 6.65. The highest BCUT2D eigenvalue weighted by Gasteiger charge is 2.27. The fraction of sp³-hybridized carbons (Fsp3) is 0.250. The van der Waals surface area contributed by atoms with E-state index in [2.05, 4.69) is 36.3 Å². The van der Waals surface area contributed by atoms with Crippen LogP contribution in [0, 0.1) is 5.92 Å². The van der Waals surface area contributed by atoms with Crippen molar-refractivity contribution in [2.75, 3.05) is 18.4 Å². The highest BCUT2D eigenvalue weighted by molar-refractivity contribution is 9.10. The van der Waals surface area contributed by atoms with E-state index in [1.54, 1.807) is 0 Å². The summed E-state index contributed by atoms with van der Waals surface area (Å²) in [4.78, 5) is 19.7. The van der Waals surface area contributed by atoms with Gasteiger partial charge in [-0.2, -0.15) is 4.98 Å². The molecule has 184 valence electrons. The first-order chi connectivity index (χ1) is 17.6. The second-order valence-electron chi connectivity index (χ2n) is 8.88. The Balaban J connectivity index is 1.12. The van der Waals surface area contributed by atoms with Crippen molar-refractivity contribution in [3.63, 3.8) is 0 Å². The summed E-state index contributed by atoms with van der Waals surface area (Å²) in [5.41, 5.74) is 2.77. The first-order valence-corrected chi connectivity index (χ1v) is 12.8. The quantitative estimate of drug-likeness (QED) is 0.295. The molecule has 4 aromatic rings. The number of aromatic nitrogens is 2. The van der Waals surface area contributed by atoms with Gasteiger partial charge in [0.1, 0.15) is 12.4 Å². The third-order valence-electron chi connectivity index (χ3n) is 6.16. The molecule has 0 bridgehead atoms. The number of anilines is 1. The van der Waals surface area contributed by atoms with E-state index < -0.39 is 0 Å². The first kappa shape index (κ1) is 24.2. The zero-order chi connectivity index (χ0) is 24.7. The van der Waals surface area contributed by atoms with Crippen LogP contribution in [-0.2, 0) is 17.9 Å². The Morgan fingerprint density at radius 3 is 2.72 bits per heavy atom. The van der Waals surface area contributed by atoms with Gasteiger partial charge in [-0.1, -0.05) is 63.6 Å². The van der Waals surface area contributed by atoms with Gasteiger partial charge in [-0.05, 0) is 61.3 Å². The van der Waals surface area contributed by atoms with Crippen molar-refractivity contribution in [2.45, 2.75) is 26.0 Å². The Morgan fingerprint density at radius 1 is 1.08 bits per heavy atom. The summed E-state index contributed by atoms with van der Waals surface area (Å²) < 4.78 is 12.3. The van der Waals surface area contributed by atoms with Crippen molar-refractivity contribution >= 4 is 27.5 Å². The topological polar surface area (TPSA) is 80.5 Å². The van der Waals surface area contributed by atoms with Crippen molar-refractivity contribution in [1.29, 1.82) is 0 Å². The van der Waals surface area contributed by atoms with Crippen LogP contribution in [0.5, 0.6) is 5.75 Å². The number of nitrogens with zero attached hydrogens (tertiary/aromatic N) is 3. The van der Waals surface area contributed by atoms with Crippen LogP contribution in [0.15, 0.2) is 87.9 Å². The molecule has 1 aliphatic heterocycles. The van der Waals surface area contributed by atoms with Crippen LogP contribution in [0.4, 0.5) is 5.69 Å². The van der Waals surface area contributed by atoms with Gasteiger partial charge in [-0.15, -0.1) is 0 Å². The monoisotopic (exact) mass is 546 g/mol. The number of ether oxygens (including phenoxy) is 1. The molecule has 7 nitrogen and oxygen atoms in total. The molecule has 1 aliphatic rings. The SMILES string of the molecule is O=C(Nc1ccc(OCc2ccccc2)cc1)C1CCCN(Cc2nc(-c3cccc(Br)c3)no2)C1. The molecule has 1 fully saturated rings. The smallest absolute Gasteiger partial charge is 0.241 e. The van der Waals surface area contributed by atoms with E-state index in [1.165, 1.54) is 0 Å². The summed E-state index contributed by atoms with van der Waals surface area (Å²) in [5, 5.41) is 7.17. The van der Waals surface area contributed by atoms with Crippen molar-refractivity contribution in [3.05, 3.63) is 94.8 Å². The van der Waals surface area contributed by atoms with Gasteiger partial charge in [0.2, 0.25) is 17.6 Å². The van der Waals surface area contributed by atoms with Gasteiger partial charge in [0, 0.05) is 22.3 Å². The molecule has 1 aromatic heterocycles. The average Bonchev–Trinajstić information content (AvgIpc) is 3.37. The lowest BCUT2D eigenvalue weighted by Crippen LogP contribution is -2.40. The Morgan fingerprint density at radius 2 is 1.92 bits per heavy atom. The Labute approximate surface area is 218 Å². The van der Waals surface area contributed by atoms with Gasteiger partial charge in [0.15, 0.2) is 0 Å². The van der Waals surface area contributed by atoms with E-state index in [9.17, 15) is 4.79 Å². The lowest BCUT2D eigenvalue weighted by atomic mass is 9.97. The molecule has 0 radical (unpaired) electrons. The molecular formula is C28H27BrN4O3. The molecule has 1 amide bonds. The molecule has 0 aliphatic carbocycles. The van der Waals surface area contributed by atoms with Crippen LogP contribution in [0.3, 0.4) is 0 Å². The van der Waals surface area contributed by atoms with Gasteiger partial charge in [-0.3, -0.25) is 9.69 Å². The van der Waals surface area contributed by atoms with Crippen molar-refractivity contribution in [1.82, 2.24) is 15.0 Å². The van der Waals surface area contributed by atoms with Crippen molar-refractivity contribution in [2.24, 2.45) is 5.92 Å². The number of carbonyl (C=O) groups excluding carboxylic acids is 1. The second-order valence-corrected chi connectivity index (χ2v) is 9.80. The highest BCUT2D eigenvalue weighted by Crippen LogP contribution is 2.24.